The van der Waals surface area contributed by atoms with Crippen molar-refractivity contribution in [3.63, 3.8) is 0 Å². The van der Waals surface area contributed by atoms with Gasteiger partial charge >= 0.3 is 5.97 Å². The molecule has 0 aliphatic carbocycles. The lowest BCUT2D eigenvalue weighted by molar-refractivity contribution is -0.138. The average molecular weight is 255 g/mol. The Hall–Kier alpha value is -1.98. The molecule has 1 aromatic heterocycles. The van der Waals surface area contributed by atoms with Crippen LogP contribution < -0.4 is 4.72 Å². The lowest BCUT2D eigenvalue weighted by Gasteiger charge is -2.09. The summed E-state index contributed by atoms with van der Waals surface area (Å²) >= 11 is 0. The Morgan fingerprint density at radius 1 is 1.59 bits per heavy atom. The molecule has 0 aromatic carbocycles. The summed E-state index contributed by atoms with van der Waals surface area (Å²) in [5.74, 6) is -1.28. The van der Waals surface area contributed by atoms with E-state index in [1.807, 2.05) is 4.72 Å². The highest BCUT2D eigenvalue weighted by molar-refractivity contribution is 7.89. The largest absolute Gasteiger partial charge is 0.480 e. The molecule has 0 saturated heterocycles. The molecule has 0 aliphatic rings. The molecule has 0 amide bonds. The molecule has 2 N–H and O–H groups in total. The van der Waals surface area contributed by atoms with Gasteiger partial charge < -0.3 is 5.11 Å². The van der Waals surface area contributed by atoms with Gasteiger partial charge in [0.1, 0.15) is 22.7 Å². The van der Waals surface area contributed by atoms with E-state index in [2.05, 4.69) is 4.98 Å². The third kappa shape index (κ3) is 3.24. The second kappa shape index (κ2) is 4.90. The summed E-state index contributed by atoms with van der Waals surface area (Å²) < 4.78 is 25.3. The maximum absolute atomic E-state index is 11.6. The van der Waals surface area contributed by atoms with E-state index in [9.17, 15) is 13.2 Å². The molecular weight excluding hydrogens is 246 g/mol. The zero-order chi connectivity index (χ0) is 13.1. The Labute approximate surface area is 97.8 Å². The van der Waals surface area contributed by atoms with Crippen LogP contribution in [0.5, 0.6) is 0 Å². The van der Waals surface area contributed by atoms with E-state index < -0.39 is 22.0 Å². The zero-order valence-corrected chi connectivity index (χ0v) is 9.60. The van der Waals surface area contributed by atoms with Crippen molar-refractivity contribution in [3.05, 3.63) is 24.0 Å². The van der Waals surface area contributed by atoms with Gasteiger partial charge in [0, 0.05) is 6.20 Å². The summed E-state index contributed by atoms with van der Waals surface area (Å²) in [5, 5.41) is 17.1. The van der Waals surface area contributed by atoms with E-state index in [0.717, 1.165) is 6.20 Å². The van der Waals surface area contributed by atoms with Crippen LogP contribution in [0, 0.1) is 11.3 Å². The number of aromatic nitrogens is 1. The Kier molecular flexibility index (Phi) is 3.77. The number of nitriles is 1. The first-order chi connectivity index (χ1) is 7.86. The summed E-state index contributed by atoms with van der Waals surface area (Å²) in [6.07, 6.45) is 0.995. The predicted molar refractivity (Wildman–Crippen MR) is 56.4 cm³/mol. The number of rotatable bonds is 4. The molecule has 1 heterocycles. The van der Waals surface area contributed by atoms with Gasteiger partial charge in [-0.15, -0.1) is 0 Å². The molecule has 90 valence electrons. The minimum atomic E-state index is -3.93. The molecule has 0 fully saturated rings. The van der Waals surface area contributed by atoms with E-state index in [1.54, 1.807) is 6.07 Å². The van der Waals surface area contributed by atoms with E-state index >= 15 is 0 Å². The quantitative estimate of drug-likeness (QED) is 0.762. The number of sulfonamides is 1. The summed E-state index contributed by atoms with van der Waals surface area (Å²) in [6.45, 7) is 1.21. The lowest BCUT2D eigenvalue weighted by Crippen LogP contribution is -2.38. The van der Waals surface area contributed by atoms with Crippen LogP contribution in [-0.2, 0) is 14.8 Å². The van der Waals surface area contributed by atoms with Gasteiger partial charge in [0.25, 0.3) is 0 Å². The number of pyridine rings is 1. The summed E-state index contributed by atoms with van der Waals surface area (Å²) in [7, 11) is -3.93. The monoisotopic (exact) mass is 255 g/mol. The predicted octanol–water partition coefficient (Wildman–Crippen LogP) is -0.295. The van der Waals surface area contributed by atoms with Gasteiger partial charge in [0.05, 0.1) is 0 Å². The van der Waals surface area contributed by atoms with E-state index in [4.69, 9.17) is 10.4 Å². The second-order valence-corrected chi connectivity index (χ2v) is 4.89. The van der Waals surface area contributed by atoms with Crippen LogP contribution in [-0.4, -0.2) is 30.5 Å². The van der Waals surface area contributed by atoms with Crippen LogP contribution in [0.4, 0.5) is 0 Å². The molecule has 0 spiro atoms. The zero-order valence-electron chi connectivity index (χ0n) is 8.78. The fourth-order valence-corrected chi connectivity index (χ4v) is 2.10. The lowest BCUT2D eigenvalue weighted by atomic mass is 10.4. The second-order valence-electron chi connectivity index (χ2n) is 3.17. The summed E-state index contributed by atoms with van der Waals surface area (Å²) in [6, 6.07) is 2.92. The fraction of sp³-hybridized carbons (Fsp3) is 0.222. The molecule has 0 radical (unpaired) electrons. The Morgan fingerprint density at radius 2 is 2.24 bits per heavy atom. The van der Waals surface area contributed by atoms with E-state index in [0.29, 0.717) is 0 Å². The molecule has 1 rings (SSSR count). The van der Waals surface area contributed by atoms with Crippen LogP contribution in [0.2, 0.25) is 0 Å². The minimum absolute atomic E-state index is 0.0789. The van der Waals surface area contributed by atoms with Crippen molar-refractivity contribution >= 4 is 16.0 Å². The summed E-state index contributed by atoms with van der Waals surface area (Å²) in [5.41, 5.74) is 0.0789. The molecule has 0 bridgehead atoms. The van der Waals surface area contributed by atoms with Crippen molar-refractivity contribution < 1.29 is 18.3 Å². The topological polar surface area (TPSA) is 120 Å². The van der Waals surface area contributed by atoms with Gasteiger partial charge in [-0.05, 0) is 19.1 Å². The van der Waals surface area contributed by atoms with Crippen LogP contribution >= 0.6 is 0 Å². The van der Waals surface area contributed by atoms with Gasteiger partial charge in [0.2, 0.25) is 10.0 Å². The van der Waals surface area contributed by atoms with Gasteiger partial charge in [-0.3, -0.25) is 4.79 Å². The molecule has 0 saturated carbocycles. The van der Waals surface area contributed by atoms with Crippen molar-refractivity contribution in [2.75, 3.05) is 0 Å². The maximum atomic E-state index is 11.6. The first kappa shape index (κ1) is 13.1. The number of nitrogens with zero attached hydrogens (tertiary/aromatic N) is 2. The van der Waals surface area contributed by atoms with Crippen LogP contribution in [0.1, 0.15) is 12.6 Å². The summed E-state index contributed by atoms with van der Waals surface area (Å²) in [4.78, 5) is 13.9. The molecular formula is C9H9N3O4S. The van der Waals surface area contributed by atoms with Crippen molar-refractivity contribution in [2.24, 2.45) is 0 Å². The highest BCUT2D eigenvalue weighted by Crippen LogP contribution is 2.08. The highest BCUT2D eigenvalue weighted by Gasteiger charge is 2.21. The Balaban J connectivity index is 2.98. The van der Waals surface area contributed by atoms with Crippen molar-refractivity contribution in [2.45, 2.75) is 17.9 Å². The number of carboxylic acids is 1. The van der Waals surface area contributed by atoms with Crippen LogP contribution in [0.15, 0.2) is 23.2 Å². The molecule has 7 nitrogen and oxygen atoms in total. The minimum Gasteiger partial charge on any atom is -0.480 e. The SMILES string of the molecule is CC(NS(=O)(=O)c1ccc(C#N)nc1)C(=O)O. The number of hydrogen-bond acceptors (Lipinski definition) is 5. The Bertz CT molecular complexity index is 559. The molecule has 8 heteroatoms. The molecule has 0 aliphatic heterocycles. The van der Waals surface area contributed by atoms with Gasteiger partial charge in [-0.1, -0.05) is 0 Å². The van der Waals surface area contributed by atoms with Crippen molar-refractivity contribution in [1.82, 2.24) is 9.71 Å². The number of carboxylic acid groups (broad SMARTS) is 1. The van der Waals surface area contributed by atoms with Gasteiger partial charge in [-0.25, -0.2) is 13.4 Å². The molecule has 17 heavy (non-hydrogen) atoms. The Morgan fingerprint density at radius 3 is 2.65 bits per heavy atom. The first-order valence-corrected chi connectivity index (χ1v) is 5.96. The normalized spacial score (nSPS) is 12.7. The van der Waals surface area contributed by atoms with E-state index in [1.165, 1.54) is 19.1 Å². The fourth-order valence-electron chi connectivity index (χ4n) is 0.957. The smallest absolute Gasteiger partial charge is 0.321 e. The third-order valence-corrected chi connectivity index (χ3v) is 3.39. The standard InChI is InChI=1S/C9H9N3O4S/c1-6(9(13)14)12-17(15,16)8-3-2-7(4-10)11-5-8/h2-3,5-6,12H,1H3,(H,13,14). The maximum Gasteiger partial charge on any atom is 0.321 e. The van der Waals surface area contributed by atoms with Crippen LogP contribution in [0.3, 0.4) is 0 Å². The first-order valence-electron chi connectivity index (χ1n) is 4.48. The van der Waals surface area contributed by atoms with Crippen molar-refractivity contribution in [3.8, 4) is 6.07 Å². The molecule has 1 unspecified atom stereocenters. The van der Waals surface area contributed by atoms with E-state index in [-0.39, 0.29) is 10.6 Å². The molecule has 1 atom stereocenters. The average Bonchev–Trinajstić information content (AvgIpc) is 2.28. The third-order valence-electron chi connectivity index (χ3n) is 1.86. The van der Waals surface area contributed by atoms with Crippen molar-refractivity contribution in [1.29, 1.82) is 5.26 Å². The number of carbonyl (C=O) groups is 1. The highest BCUT2D eigenvalue weighted by atomic mass is 32.2. The number of nitrogens with one attached hydrogen (secondary N) is 1. The van der Waals surface area contributed by atoms with Crippen LogP contribution in [0.25, 0.3) is 0 Å². The van der Waals surface area contributed by atoms with Gasteiger partial charge in [0.15, 0.2) is 0 Å². The molecule has 1 aromatic rings. The number of hydrogen-bond donors (Lipinski definition) is 2. The number of aliphatic carboxylic acids is 1. The van der Waals surface area contributed by atoms with Gasteiger partial charge in [-0.2, -0.15) is 9.98 Å².